The van der Waals surface area contributed by atoms with Gasteiger partial charge in [-0.3, -0.25) is 9.59 Å². The molecule has 1 amide bonds. The summed E-state index contributed by atoms with van der Waals surface area (Å²) in [6.07, 6.45) is 0.576. The Morgan fingerprint density at radius 1 is 1.53 bits per heavy atom. The molecule has 1 aromatic heterocycles. The van der Waals surface area contributed by atoms with E-state index in [1.807, 2.05) is 6.92 Å². The largest absolute Gasteiger partial charge is 0.507 e. The minimum Gasteiger partial charge on any atom is -0.507 e. The van der Waals surface area contributed by atoms with E-state index in [0.29, 0.717) is 29.4 Å². The second-order valence-electron chi connectivity index (χ2n) is 3.62. The molecule has 2 aromatic rings. The lowest BCUT2D eigenvalue weighted by Gasteiger charge is -1.97. The number of benzene rings is 1. The average Bonchev–Trinajstić information content (AvgIpc) is 2.73. The van der Waals surface area contributed by atoms with Crippen molar-refractivity contribution in [3.63, 3.8) is 0 Å². The maximum Gasteiger partial charge on any atom is 0.267 e. The van der Waals surface area contributed by atoms with Crippen LogP contribution in [-0.4, -0.2) is 28.8 Å². The third kappa shape index (κ3) is 1.87. The van der Waals surface area contributed by atoms with Crippen LogP contribution < -0.4 is 5.32 Å². The zero-order valence-corrected chi connectivity index (χ0v) is 9.28. The number of nitrogens with one attached hydrogen (secondary N) is 2. The molecular weight excluding hydrogens is 220 g/mol. The van der Waals surface area contributed by atoms with Crippen LogP contribution in [0.4, 0.5) is 0 Å². The van der Waals surface area contributed by atoms with Crippen LogP contribution in [0.2, 0.25) is 0 Å². The van der Waals surface area contributed by atoms with Gasteiger partial charge in [0.05, 0.1) is 5.56 Å². The van der Waals surface area contributed by atoms with Gasteiger partial charge in [0.1, 0.15) is 11.4 Å². The number of aromatic nitrogens is 1. The molecule has 5 heteroatoms. The normalized spacial score (nSPS) is 10.4. The topological polar surface area (TPSA) is 82.2 Å². The van der Waals surface area contributed by atoms with Gasteiger partial charge in [-0.15, -0.1) is 0 Å². The maximum absolute atomic E-state index is 11.6. The Hall–Kier alpha value is -2.30. The van der Waals surface area contributed by atoms with Gasteiger partial charge in [0.2, 0.25) is 0 Å². The van der Waals surface area contributed by atoms with Crippen LogP contribution >= 0.6 is 0 Å². The van der Waals surface area contributed by atoms with Crippen molar-refractivity contribution in [2.45, 2.75) is 6.92 Å². The van der Waals surface area contributed by atoms with E-state index < -0.39 is 0 Å². The van der Waals surface area contributed by atoms with Crippen molar-refractivity contribution in [2.24, 2.45) is 0 Å². The summed E-state index contributed by atoms with van der Waals surface area (Å²) < 4.78 is 0. The van der Waals surface area contributed by atoms with Gasteiger partial charge in [-0.25, -0.2) is 0 Å². The predicted octanol–water partition coefficient (Wildman–Crippen LogP) is 1.44. The van der Waals surface area contributed by atoms with Crippen molar-refractivity contribution in [3.05, 3.63) is 29.5 Å². The molecule has 0 spiro atoms. The standard InChI is InChI=1S/C12H12N2O3/c1-2-13-12(17)10-5-7-8(6-15)11(16)4-3-9(7)14-10/h3-6,14,16H,2H2,1H3,(H,13,17). The molecule has 0 atom stereocenters. The second-order valence-corrected chi connectivity index (χ2v) is 3.62. The Morgan fingerprint density at radius 2 is 2.29 bits per heavy atom. The van der Waals surface area contributed by atoms with Crippen molar-refractivity contribution < 1.29 is 14.7 Å². The van der Waals surface area contributed by atoms with E-state index in [1.54, 1.807) is 12.1 Å². The maximum atomic E-state index is 11.6. The number of aldehydes is 1. The first kappa shape index (κ1) is 11.2. The highest BCUT2D eigenvalue weighted by atomic mass is 16.3. The van der Waals surface area contributed by atoms with Crippen molar-refractivity contribution in [1.82, 2.24) is 10.3 Å². The number of carbonyl (C=O) groups is 2. The zero-order valence-electron chi connectivity index (χ0n) is 9.28. The number of aromatic hydroxyl groups is 1. The Kier molecular flexibility index (Phi) is 2.82. The van der Waals surface area contributed by atoms with Crippen LogP contribution in [-0.2, 0) is 0 Å². The number of hydrogen-bond acceptors (Lipinski definition) is 3. The van der Waals surface area contributed by atoms with E-state index in [4.69, 9.17) is 0 Å². The van der Waals surface area contributed by atoms with Gasteiger partial charge in [0.25, 0.3) is 5.91 Å². The van der Waals surface area contributed by atoms with Crippen LogP contribution in [0.25, 0.3) is 10.9 Å². The van der Waals surface area contributed by atoms with Gasteiger partial charge in [-0.05, 0) is 25.1 Å². The highest BCUT2D eigenvalue weighted by molar-refractivity contribution is 6.04. The monoisotopic (exact) mass is 232 g/mol. The summed E-state index contributed by atoms with van der Waals surface area (Å²) in [5.74, 6) is -0.325. The van der Waals surface area contributed by atoms with E-state index in [9.17, 15) is 14.7 Å². The molecule has 0 aliphatic rings. The quantitative estimate of drug-likeness (QED) is 0.700. The van der Waals surface area contributed by atoms with Gasteiger partial charge in [-0.1, -0.05) is 0 Å². The minimum absolute atomic E-state index is 0.0889. The molecule has 17 heavy (non-hydrogen) atoms. The van der Waals surface area contributed by atoms with Crippen LogP contribution in [0.1, 0.15) is 27.8 Å². The number of H-pyrrole nitrogens is 1. The smallest absolute Gasteiger partial charge is 0.267 e. The first-order valence-electron chi connectivity index (χ1n) is 5.25. The van der Waals surface area contributed by atoms with Crippen molar-refractivity contribution >= 4 is 23.1 Å². The number of amides is 1. The number of aromatic amines is 1. The van der Waals surface area contributed by atoms with Gasteiger partial charge in [0.15, 0.2) is 6.29 Å². The molecular formula is C12H12N2O3. The van der Waals surface area contributed by atoms with Crippen LogP contribution in [0.5, 0.6) is 5.75 Å². The van der Waals surface area contributed by atoms with Crippen LogP contribution in [0.15, 0.2) is 18.2 Å². The lowest BCUT2D eigenvalue weighted by atomic mass is 10.1. The highest BCUT2D eigenvalue weighted by Crippen LogP contribution is 2.26. The lowest BCUT2D eigenvalue weighted by Crippen LogP contribution is -2.22. The number of phenols is 1. The third-order valence-electron chi connectivity index (χ3n) is 2.52. The molecule has 0 fully saturated rings. The third-order valence-corrected chi connectivity index (χ3v) is 2.52. The molecule has 0 saturated carbocycles. The first-order valence-corrected chi connectivity index (χ1v) is 5.25. The van der Waals surface area contributed by atoms with E-state index in [1.165, 1.54) is 6.07 Å². The number of fused-ring (bicyclic) bond motifs is 1. The van der Waals surface area contributed by atoms with Gasteiger partial charge < -0.3 is 15.4 Å². The van der Waals surface area contributed by atoms with Gasteiger partial charge >= 0.3 is 0 Å². The van der Waals surface area contributed by atoms with Gasteiger partial charge in [0, 0.05) is 17.4 Å². The molecule has 5 nitrogen and oxygen atoms in total. The Bertz CT molecular complexity index is 587. The van der Waals surface area contributed by atoms with Crippen LogP contribution in [0.3, 0.4) is 0 Å². The average molecular weight is 232 g/mol. The summed E-state index contributed by atoms with van der Waals surface area (Å²) >= 11 is 0. The van der Waals surface area contributed by atoms with Gasteiger partial charge in [-0.2, -0.15) is 0 Å². The van der Waals surface area contributed by atoms with Crippen LogP contribution in [0, 0.1) is 0 Å². The summed E-state index contributed by atoms with van der Waals surface area (Å²) in [7, 11) is 0. The molecule has 0 saturated heterocycles. The minimum atomic E-state index is -0.236. The summed E-state index contributed by atoms with van der Waals surface area (Å²) in [4.78, 5) is 25.4. The molecule has 2 rings (SSSR count). The fourth-order valence-electron chi connectivity index (χ4n) is 1.72. The summed E-state index contributed by atoms with van der Waals surface area (Å²) in [6, 6.07) is 4.61. The molecule has 0 bridgehead atoms. The molecule has 88 valence electrons. The van der Waals surface area contributed by atoms with Crippen molar-refractivity contribution in [1.29, 1.82) is 0 Å². The highest BCUT2D eigenvalue weighted by Gasteiger charge is 2.12. The van der Waals surface area contributed by atoms with E-state index >= 15 is 0 Å². The fourth-order valence-corrected chi connectivity index (χ4v) is 1.72. The Labute approximate surface area is 97.4 Å². The Balaban J connectivity index is 2.57. The van der Waals surface area contributed by atoms with Crippen molar-refractivity contribution in [2.75, 3.05) is 6.54 Å². The Morgan fingerprint density at radius 3 is 2.94 bits per heavy atom. The molecule has 0 aliphatic carbocycles. The summed E-state index contributed by atoms with van der Waals surface area (Å²) in [6.45, 7) is 2.35. The number of phenolic OH excluding ortho intramolecular Hbond substituents is 1. The number of carbonyl (C=O) groups excluding carboxylic acids is 2. The fraction of sp³-hybridized carbons (Fsp3) is 0.167. The predicted molar refractivity (Wildman–Crippen MR) is 63.4 cm³/mol. The summed E-state index contributed by atoms with van der Waals surface area (Å²) in [5.41, 5.74) is 1.20. The van der Waals surface area contributed by atoms with E-state index in [0.717, 1.165) is 0 Å². The molecule has 3 N–H and O–H groups in total. The molecule has 1 heterocycles. The molecule has 0 radical (unpaired) electrons. The van der Waals surface area contributed by atoms with E-state index in [-0.39, 0.29) is 17.2 Å². The molecule has 0 aliphatic heterocycles. The van der Waals surface area contributed by atoms with Crippen molar-refractivity contribution in [3.8, 4) is 5.75 Å². The number of rotatable bonds is 3. The molecule has 1 aromatic carbocycles. The molecule has 0 unspecified atom stereocenters. The number of hydrogen-bond donors (Lipinski definition) is 3. The lowest BCUT2D eigenvalue weighted by molar-refractivity contribution is 0.0951. The first-order chi connectivity index (χ1) is 8.17. The SMILES string of the molecule is CCNC(=O)c1cc2c(C=O)c(O)ccc2[nH]1. The second kappa shape index (κ2) is 4.29. The zero-order chi connectivity index (χ0) is 12.4. The summed E-state index contributed by atoms with van der Waals surface area (Å²) in [5, 5.41) is 12.7. The van der Waals surface area contributed by atoms with E-state index in [2.05, 4.69) is 10.3 Å².